The summed E-state index contributed by atoms with van der Waals surface area (Å²) in [5, 5.41) is 0. The fraction of sp³-hybridized carbons (Fsp3) is 0.467. The summed E-state index contributed by atoms with van der Waals surface area (Å²) in [5.41, 5.74) is 7.36. The smallest absolute Gasteiger partial charge is 0.306 e. The number of hydrogen-bond acceptors (Lipinski definition) is 5. The van der Waals surface area contributed by atoms with E-state index in [1.54, 1.807) is 20.0 Å². The summed E-state index contributed by atoms with van der Waals surface area (Å²) in [6, 6.07) is 4.88. The van der Waals surface area contributed by atoms with Crippen molar-refractivity contribution in [1.82, 2.24) is 0 Å². The van der Waals surface area contributed by atoms with E-state index in [2.05, 4.69) is 0 Å². The lowest BCUT2D eigenvalue weighted by Gasteiger charge is -2.18. The Labute approximate surface area is 123 Å². The number of anilines is 1. The van der Waals surface area contributed by atoms with Crippen LogP contribution in [0.25, 0.3) is 0 Å². The molecule has 114 valence electrons. The molecule has 1 heterocycles. The number of fused-ring (bicyclic) bond motifs is 1. The van der Waals surface area contributed by atoms with Gasteiger partial charge in [-0.25, -0.2) is 0 Å². The van der Waals surface area contributed by atoms with Crippen LogP contribution in [0.15, 0.2) is 18.2 Å². The molecule has 21 heavy (non-hydrogen) atoms. The van der Waals surface area contributed by atoms with Crippen LogP contribution in [0.1, 0.15) is 18.9 Å². The number of carbonyl (C=O) groups excluding carboxylic acids is 2. The first-order chi connectivity index (χ1) is 10.0. The third-order valence-electron chi connectivity index (χ3n) is 3.37. The number of rotatable bonds is 4. The fourth-order valence-electron chi connectivity index (χ4n) is 2.20. The number of nitrogens with zero attached hydrogens (tertiary/aromatic N) is 1. The molecule has 0 saturated carbocycles. The number of ether oxygens (including phenoxy) is 2. The molecule has 1 aliphatic heterocycles. The van der Waals surface area contributed by atoms with Crippen molar-refractivity contribution < 1.29 is 19.1 Å². The molecule has 1 aromatic carbocycles. The standard InChI is InChI=1S/C15H20N2O4/c1-3-20-14(18)7-5-10-4-6-13-12(8-10)17(2)15(19)11(16)9-21-13/h4,6,8,11H,3,5,7,9,16H2,1-2H3. The number of nitrogens with two attached hydrogens (primary N) is 1. The quantitative estimate of drug-likeness (QED) is 0.833. The lowest BCUT2D eigenvalue weighted by molar-refractivity contribution is -0.143. The van der Waals surface area contributed by atoms with Gasteiger partial charge in [0, 0.05) is 13.5 Å². The maximum Gasteiger partial charge on any atom is 0.306 e. The summed E-state index contributed by atoms with van der Waals surface area (Å²) < 4.78 is 10.4. The minimum Gasteiger partial charge on any atom is -0.489 e. The Kier molecular flexibility index (Phi) is 4.80. The zero-order valence-electron chi connectivity index (χ0n) is 12.3. The molecular formula is C15H20N2O4. The molecule has 0 fully saturated rings. The van der Waals surface area contributed by atoms with Gasteiger partial charge in [0.15, 0.2) is 0 Å². The molecule has 1 atom stereocenters. The average molecular weight is 292 g/mol. The lowest BCUT2D eigenvalue weighted by atomic mass is 10.1. The second-order valence-corrected chi connectivity index (χ2v) is 4.92. The number of benzene rings is 1. The molecule has 0 aliphatic carbocycles. The zero-order valence-corrected chi connectivity index (χ0v) is 12.3. The van der Waals surface area contributed by atoms with E-state index in [0.717, 1.165) is 5.56 Å². The number of amides is 1. The summed E-state index contributed by atoms with van der Waals surface area (Å²) >= 11 is 0. The second-order valence-electron chi connectivity index (χ2n) is 4.92. The van der Waals surface area contributed by atoms with Gasteiger partial charge in [-0.05, 0) is 31.0 Å². The highest BCUT2D eigenvalue weighted by Crippen LogP contribution is 2.31. The van der Waals surface area contributed by atoms with Crippen LogP contribution in [-0.4, -0.2) is 38.2 Å². The molecule has 1 unspecified atom stereocenters. The predicted octanol–water partition coefficient (Wildman–Crippen LogP) is 0.865. The van der Waals surface area contributed by atoms with E-state index in [4.69, 9.17) is 15.2 Å². The largest absolute Gasteiger partial charge is 0.489 e. The molecule has 0 bridgehead atoms. The molecule has 1 amide bonds. The van der Waals surface area contributed by atoms with Crippen LogP contribution in [0, 0.1) is 0 Å². The molecule has 1 aromatic rings. The van der Waals surface area contributed by atoms with E-state index < -0.39 is 6.04 Å². The second kappa shape index (κ2) is 6.58. The normalized spacial score (nSPS) is 17.8. The van der Waals surface area contributed by atoms with Gasteiger partial charge in [-0.15, -0.1) is 0 Å². The van der Waals surface area contributed by atoms with Crippen LogP contribution in [0.4, 0.5) is 5.69 Å². The van der Waals surface area contributed by atoms with Gasteiger partial charge in [0.1, 0.15) is 18.4 Å². The van der Waals surface area contributed by atoms with E-state index in [9.17, 15) is 9.59 Å². The van der Waals surface area contributed by atoms with Crippen LogP contribution < -0.4 is 15.4 Å². The van der Waals surface area contributed by atoms with Crippen molar-refractivity contribution in [2.45, 2.75) is 25.8 Å². The molecule has 6 nitrogen and oxygen atoms in total. The molecule has 0 aromatic heterocycles. The topological polar surface area (TPSA) is 81.9 Å². The van der Waals surface area contributed by atoms with Crippen LogP contribution in [0.2, 0.25) is 0 Å². The Morgan fingerprint density at radius 2 is 2.29 bits per heavy atom. The zero-order chi connectivity index (χ0) is 15.4. The third-order valence-corrected chi connectivity index (χ3v) is 3.37. The van der Waals surface area contributed by atoms with Crippen molar-refractivity contribution in [1.29, 1.82) is 0 Å². The van der Waals surface area contributed by atoms with Gasteiger partial charge in [-0.3, -0.25) is 9.59 Å². The Hall–Kier alpha value is -2.08. The third kappa shape index (κ3) is 3.52. The van der Waals surface area contributed by atoms with Gasteiger partial charge in [0.05, 0.1) is 12.3 Å². The summed E-state index contributed by atoms with van der Waals surface area (Å²) in [7, 11) is 1.67. The molecule has 1 aliphatic rings. The summed E-state index contributed by atoms with van der Waals surface area (Å²) in [5.74, 6) is 0.213. The monoisotopic (exact) mass is 292 g/mol. The number of esters is 1. The molecular weight excluding hydrogens is 272 g/mol. The van der Waals surface area contributed by atoms with Crippen LogP contribution in [0.3, 0.4) is 0 Å². The van der Waals surface area contributed by atoms with E-state index in [-0.39, 0.29) is 18.5 Å². The van der Waals surface area contributed by atoms with Crippen LogP contribution in [-0.2, 0) is 20.7 Å². The van der Waals surface area contributed by atoms with E-state index in [1.165, 1.54) is 4.90 Å². The minimum atomic E-state index is -0.662. The van der Waals surface area contributed by atoms with Crippen LogP contribution in [0.5, 0.6) is 5.75 Å². The van der Waals surface area contributed by atoms with Gasteiger partial charge in [0.25, 0.3) is 0 Å². The van der Waals surface area contributed by atoms with Gasteiger partial charge in [0.2, 0.25) is 5.91 Å². The highest BCUT2D eigenvalue weighted by atomic mass is 16.5. The maximum atomic E-state index is 12.0. The SMILES string of the molecule is CCOC(=O)CCc1ccc2c(c1)N(C)C(=O)C(N)CO2. The Bertz CT molecular complexity index is 544. The summed E-state index contributed by atoms with van der Waals surface area (Å²) in [4.78, 5) is 24.9. The Balaban J connectivity index is 2.15. The first-order valence-electron chi connectivity index (χ1n) is 6.97. The van der Waals surface area contributed by atoms with Gasteiger partial charge < -0.3 is 20.1 Å². The number of aryl methyl sites for hydroxylation is 1. The first kappa shape index (κ1) is 15.3. The van der Waals surface area contributed by atoms with Gasteiger partial charge in [-0.1, -0.05) is 6.07 Å². The van der Waals surface area contributed by atoms with E-state index >= 15 is 0 Å². The number of likely N-dealkylation sites (N-methyl/N-ethyl adjacent to an activating group) is 1. The fourth-order valence-corrected chi connectivity index (χ4v) is 2.20. The molecule has 0 spiro atoms. The average Bonchev–Trinajstić information content (AvgIpc) is 2.58. The van der Waals surface area contributed by atoms with Crippen LogP contribution >= 0.6 is 0 Å². The van der Waals surface area contributed by atoms with Gasteiger partial charge in [-0.2, -0.15) is 0 Å². The van der Waals surface area contributed by atoms with Crippen molar-refractivity contribution >= 4 is 17.6 Å². The number of hydrogen-bond donors (Lipinski definition) is 1. The molecule has 6 heteroatoms. The van der Waals surface area contributed by atoms with Crippen molar-refractivity contribution in [2.24, 2.45) is 5.73 Å². The van der Waals surface area contributed by atoms with Gasteiger partial charge >= 0.3 is 5.97 Å². The van der Waals surface area contributed by atoms with E-state index in [0.29, 0.717) is 30.9 Å². The predicted molar refractivity (Wildman–Crippen MR) is 78.3 cm³/mol. The van der Waals surface area contributed by atoms with Crippen molar-refractivity contribution in [3.63, 3.8) is 0 Å². The van der Waals surface area contributed by atoms with Crippen molar-refractivity contribution in [3.05, 3.63) is 23.8 Å². The highest BCUT2D eigenvalue weighted by Gasteiger charge is 2.26. The minimum absolute atomic E-state index is 0.165. The highest BCUT2D eigenvalue weighted by molar-refractivity contribution is 5.98. The Morgan fingerprint density at radius 1 is 1.52 bits per heavy atom. The molecule has 2 rings (SSSR count). The maximum absolute atomic E-state index is 12.0. The van der Waals surface area contributed by atoms with Crippen molar-refractivity contribution in [2.75, 3.05) is 25.2 Å². The Morgan fingerprint density at radius 3 is 3.00 bits per heavy atom. The molecule has 2 N–H and O–H groups in total. The summed E-state index contributed by atoms with van der Waals surface area (Å²) in [6.45, 7) is 2.33. The first-order valence-corrected chi connectivity index (χ1v) is 6.97. The summed E-state index contributed by atoms with van der Waals surface area (Å²) in [6.07, 6.45) is 0.866. The van der Waals surface area contributed by atoms with E-state index in [1.807, 2.05) is 12.1 Å². The number of carbonyl (C=O) groups is 2. The molecule has 0 saturated heterocycles. The molecule has 0 radical (unpaired) electrons. The van der Waals surface area contributed by atoms with Crippen molar-refractivity contribution in [3.8, 4) is 5.75 Å². The lowest BCUT2D eigenvalue weighted by Crippen LogP contribution is -2.43.